The van der Waals surface area contributed by atoms with E-state index < -0.39 is 5.97 Å². The molecule has 122 valence electrons. The highest BCUT2D eigenvalue weighted by atomic mass is 16.4. The van der Waals surface area contributed by atoms with Crippen molar-refractivity contribution in [1.29, 1.82) is 0 Å². The van der Waals surface area contributed by atoms with Crippen molar-refractivity contribution in [1.82, 2.24) is 0 Å². The third-order valence-corrected chi connectivity index (χ3v) is 4.01. The van der Waals surface area contributed by atoms with Gasteiger partial charge >= 0.3 is 5.97 Å². The summed E-state index contributed by atoms with van der Waals surface area (Å²) in [5.41, 5.74) is 4.91. The van der Waals surface area contributed by atoms with Crippen molar-refractivity contribution in [2.45, 2.75) is 52.5 Å². The summed E-state index contributed by atoms with van der Waals surface area (Å²) in [7, 11) is 0. The summed E-state index contributed by atoms with van der Waals surface area (Å²) in [6, 6.07) is 14.8. The molecular formula is C20H26NO2+. The molecule has 1 aromatic heterocycles. The number of benzene rings is 1. The zero-order valence-corrected chi connectivity index (χ0v) is 14.1. The van der Waals surface area contributed by atoms with E-state index in [0.29, 0.717) is 6.54 Å². The summed E-state index contributed by atoms with van der Waals surface area (Å²) in [6.07, 6.45) is 4.21. The number of carbonyl (C=O) groups is 1. The molecule has 0 saturated carbocycles. The molecule has 0 fully saturated rings. The Hall–Kier alpha value is -2.16. The van der Waals surface area contributed by atoms with Crippen LogP contribution in [0.5, 0.6) is 0 Å². The molecule has 0 atom stereocenters. The highest BCUT2D eigenvalue weighted by molar-refractivity contribution is 5.66. The van der Waals surface area contributed by atoms with Crippen LogP contribution in [-0.4, -0.2) is 11.1 Å². The van der Waals surface area contributed by atoms with Crippen LogP contribution < -0.4 is 4.57 Å². The number of nitrogens with zero attached hydrogens (tertiary/aromatic N) is 1. The van der Waals surface area contributed by atoms with Crippen molar-refractivity contribution in [3.8, 4) is 11.1 Å². The van der Waals surface area contributed by atoms with Gasteiger partial charge in [-0.1, -0.05) is 44.2 Å². The van der Waals surface area contributed by atoms with E-state index >= 15 is 0 Å². The van der Waals surface area contributed by atoms with Crippen LogP contribution in [0, 0.1) is 0 Å². The van der Waals surface area contributed by atoms with E-state index in [4.69, 9.17) is 5.11 Å². The molecule has 1 N–H and O–H groups in total. The fourth-order valence-electron chi connectivity index (χ4n) is 2.96. The average Bonchev–Trinajstić information content (AvgIpc) is 2.55. The smallest absolute Gasteiger partial charge is 0.309 e. The fraction of sp³-hybridized carbons (Fsp3) is 0.400. The highest BCUT2D eigenvalue weighted by Gasteiger charge is 2.19. The normalized spacial score (nSPS) is 10.7. The zero-order valence-electron chi connectivity index (χ0n) is 14.1. The quantitative estimate of drug-likeness (QED) is 0.748. The van der Waals surface area contributed by atoms with Gasteiger partial charge in [0.1, 0.15) is 6.42 Å². The first kappa shape index (κ1) is 17.2. The summed E-state index contributed by atoms with van der Waals surface area (Å²) >= 11 is 0. The van der Waals surface area contributed by atoms with Crippen molar-refractivity contribution in [2.75, 3.05) is 0 Å². The average molecular weight is 312 g/mol. The van der Waals surface area contributed by atoms with E-state index in [1.165, 1.54) is 22.5 Å². The van der Waals surface area contributed by atoms with Gasteiger partial charge in [-0.25, -0.2) is 0 Å². The van der Waals surface area contributed by atoms with Gasteiger partial charge in [0.05, 0.1) is 0 Å². The Morgan fingerprint density at radius 2 is 1.52 bits per heavy atom. The summed E-state index contributed by atoms with van der Waals surface area (Å²) < 4.78 is 2.22. The van der Waals surface area contributed by atoms with Crippen molar-refractivity contribution < 1.29 is 14.5 Å². The van der Waals surface area contributed by atoms with E-state index in [9.17, 15) is 4.79 Å². The molecule has 1 aromatic carbocycles. The maximum Gasteiger partial charge on any atom is 0.309 e. The van der Waals surface area contributed by atoms with Crippen molar-refractivity contribution >= 4 is 5.97 Å². The van der Waals surface area contributed by atoms with Gasteiger partial charge in [0, 0.05) is 25.0 Å². The SMILES string of the molecule is CCCc1cc(-c2ccccc2)cc(CCC)[n+]1CCC(=O)O. The Morgan fingerprint density at radius 1 is 0.957 bits per heavy atom. The third kappa shape index (κ3) is 4.65. The van der Waals surface area contributed by atoms with Crippen LogP contribution >= 0.6 is 0 Å². The first-order chi connectivity index (χ1) is 11.2. The largest absolute Gasteiger partial charge is 0.481 e. The molecule has 0 unspecified atom stereocenters. The predicted molar refractivity (Wildman–Crippen MR) is 92.3 cm³/mol. The summed E-state index contributed by atoms with van der Waals surface area (Å²) in [5.74, 6) is -0.741. The lowest BCUT2D eigenvalue weighted by molar-refractivity contribution is -0.710. The van der Waals surface area contributed by atoms with Crippen LogP contribution in [0.3, 0.4) is 0 Å². The van der Waals surface area contributed by atoms with E-state index in [-0.39, 0.29) is 6.42 Å². The van der Waals surface area contributed by atoms with Gasteiger partial charge in [-0.2, -0.15) is 4.57 Å². The van der Waals surface area contributed by atoms with Crippen LogP contribution in [0.4, 0.5) is 0 Å². The standard InChI is InChI=1S/C20H25NO2/c1-3-8-18-14-17(16-10-6-5-7-11-16)15-19(9-4-2)21(18)13-12-20(22)23/h5-7,10-11,14-15H,3-4,8-9,12-13H2,1-2H3/p+1. The second kappa shape index (κ2) is 8.47. The van der Waals surface area contributed by atoms with Crippen LogP contribution in [0.2, 0.25) is 0 Å². The first-order valence-corrected chi connectivity index (χ1v) is 8.48. The number of aromatic nitrogens is 1. The Kier molecular flexibility index (Phi) is 6.33. The molecule has 0 saturated heterocycles. The molecule has 3 nitrogen and oxygen atoms in total. The van der Waals surface area contributed by atoms with Gasteiger partial charge < -0.3 is 5.11 Å². The first-order valence-electron chi connectivity index (χ1n) is 8.48. The second-order valence-corrected chi connectivity index (χ2v) is 5.89. The Balaban J connectivity index is 2.49. The molecule has 0 aliphatic carbocycles. The van der Waals surface area contributed by atoms with E-state index in [1.807, 2.05) is 6.07 Å². The van der Waals surface area contributed by atoms with Crippen molar-refractivity contribution in [3.63, 3.8) is 0 Å². The lowest BCUT2D eigenvalue weighted by Gasteiger charge is -2.11. The van der Waals surface area contributed by atoms with Gasteiger partial charge in [-0.15, -0.1) is 0 Å². The van der Waals surface area contributed by atoms with Crippen LogP contribution in [-0.2, 0) is 24.2 Å². The van der Waals surface area contributed by atoms with E-state index in [0.717, 1.165) is 25.7 Å². The van der Waals surface area contributed by atoms with E-state index in [1.54, 1.807) is 0 Å². The molecule has 0 bridgehead atoms. The predicted octanol–water partition coefficient (Wildman–Crippen LogP) is 4.02. The van der Waals surface area contributed by atoms with Crippen LogP contribution in [0.1, 0.15) is 44.5 Å². The maximum absolute atomic E-state index is 11.0. The summed E-state index contributed by atoms with van der Waals surface area (Å²) in [5, 5.41) is 9.04. The molecule has 0 spiro atoms. The number of hydrogen-bond acceptors (Lipinski definition) is 1. The molecule has 3 heteroatoms. The fourth-order valence-corrected chi connectivity index (χ4v) is 2.96. The molecule has 2 rings (SSSR count). The summed E-state index contributed by atoms with van der Waals surface area (Å²) in [4.78, 5) is 11.0. The maximum atomic E-state index is 11.0. The second-order valence-electron chi connectivity index (χ2n) is 5.89. The summed E-state index contributed by atoms with van der Waals surface area (Å²) in [6.45, 7) is 4.88. The highest BCUT2D eigenvalue weighted by Crippen LogP contribution is 2.21. The molecule has 0 aliphatic heterocycles. The lowest BCUT2D eigenvalue weighted by Crippen LogP contribution is -2.43. The van der Waals surface area contributed by atoms with Crippen molar-refractivity contribution in [3.05, 3.63) is 53.9 Å². The molecule has 0 aliphatic rings. The van der Waals surface area contributed by atoms with E-state index in [2.05, 4.69) is 54.8 Å². The lowest BCUT2D eigenvalue weighted by atomic mass is 10.0. The molecule has 2 aromatic rings. The number of pyridine rings is 1. The number of carboxylic acids is 1. The molecule has 0 amide bonds. The van der Waals surface area contributed by atoms with Crippen LogP contribution in [0.15, 0.2) is 42.5 Å². The number of aliphatic carboxylic acids is 1. The van der Waals surface area contributed by atoms with Gasteiger partial charge in [0.2, 0.25) is 0 Å². The Bertz CT molecular complexity index is 623. The van der Waals surface area contributed by atoms with Gasteiger partial charge in [0.25, 0.3) is 0 Å². The van der Waals surface area contributed by atoms with Crippen LogP contribution in [0.25, 0.3) is 11.1 Å². The molecular weight excluding hydrogens is 286 g/mol. The topological polar surface area (TPSA) is 41.2 Å². The Labute approximate surface area is 138 Å². The minimum Gasteiger partial charge on any atom is -0.481 e. The number of rotatable bonds is 8. The number of carboxylic acid groups (broad SMARTS) is 1. The van der Waals surface area contributed by atoms with Gasteiger partial charge in [-0.05, 0) is 24.0 Å². The monoisotopic (exact) mass is 312 g/mol. The molecule has 23 heavy (non-hydrogen) atoms. The third-order valence-electron chi connectivity index (χ3n) is 4.01. The van der Waals surface area contributed by atoms with Gasteiger partial charge in [0.15, 0.2) is 17.9 Å². The minimum absolute atomic E-state index is 0.169. The van der Waals surface area contributed by atoms with Crippen molar-refractivity contribution in [2.24, 2.45) is 0 Å². The minimum atomic E-state index is -0.741. The van der Waals surface area contributed by atoms with Gasteiger partial charge in [-0.3, -0.25) is 4.79 Å². The number of aryl methyl sites for hydroxylation is 2. The molecule has 0 radical (unpaired) electrons. The number of hydrogen-bond donors (Lipinski definition) is 1. The molecule has 1 heterocycles. The Morgan fingerprint density at radius 3 is 2.00 bits per heavy atom. The zero-order chi connectivity index (χ0) is 16.7.